The standard InChI is InChI=1S/C12H15ClN2O/c1-8(2)7-14-12(16)15-10-5-4-9(3)11(13)6-10/h4-6H,1,7H2,2-3H3,(H2,14,15,16). The summed E-state index contributed by atoms with van der Waals surface area (Å²) in [6, 6.07) is 5.12. The second-order valence-electron chi connectivity index (χ2n) is 3.73. The molecular weight excluding hydrogens is 224 g/mol. The Balaban J connectivity index is 2.56. The van der Waals surface area contributed by atoms with Gasteiger partial charge in [-0.15, -0.1) is 0 Å². The number of nitrogens with one attached hydrogen (secondary N) is 2. The molecule has 0 fully saturated rings. The number of urea groups is 1. The molecule has 0 spiro atoms. The van der Waals surface area contributed by atoms with Crippen molar-refractivity contribution in [3.63, 3.8) is 0 Å². The normalized spacial score (nSPS) is 9.69. The topological polar surface area (TPSA) is 41.1 Å². The lowest BCUT2D eigenvalue weighted by molar-refractivity contribution is 0.253. The van der Waals surface area contributed by atoms with E-state index in [9.17, 15) is 4.79 Å². The van der Waals surface area contributed by atoms with Crippen LogP contribution in [0.2, 0.25) is 5.02 Å². The fourth-order valence-corrected chi connectivity index (χ4v) is 1.26. The third-order valence-electron chi connectivity index (χ3n) is 1.98. The number of halogens is 1. The largest absolute Gasteiger partial charge is 0.334 e. The summed E-state index contributed by atoms with van der Waals surface area (Å²) >= 11 is 5.94. The van der Waals surface area contributed by atoms with Crippen molar-refractivity contribution in [2.75, 3.05) is 11.9 Å². The molecule has 1 aromatic carbocycles. The SMILES string of the molecule is C=C(C)CNC(=O)Nc1ccc(C)c(Cl)c1. The van der Waals surface area contributed by atoms with Crippen LogP contribution in [0.5, 0.6) is 0 Å². The first-order valence-corrected chi connectivity index (χ1v) is 5.32. The lowest BCUT2D eigenvalue weighted by atomic mass is 10.2. The van der Waals surface area contributed by atoms with Crippen molar-refractivity contribution < 1.29 is 4.79 Å². The summed E-state index contributed by atoms with van der Waals surface area (Å²) in [4.78, 5) is 11.4. The van der Waals surface area contributed by atoms with Gasteiger partial charge in [0.1, 0.15) is 0 Å². The number of benzene rings is 1. The van der Waals surface area contributed by atoms with Crippen LogP contribution < -0.4 is 10.6 Å². The predicted molar refractivity (Wildman–Crippen MR) is 68.0 cm³/mol. The highest BCUT2D eigenvalue weighted by Gasteiger charge is 2.02. The van der Waals surface area contributed by atoms with E-state index in [1.54, 1.807) is 6.07 Å². The molecule has 1 aromatic rings. The number of amides is 2. The molecule has 86 valence electrons. The number of carbonyl (C=O) groups is 1. The number of hydrogen-bond donors (Lipinski definition) is 2. The maximum Gasteiger partial charge on any atom is 0.319 e. The van der Waals surface area contributed by atoms with Crippen LogP contribution >= 0.6 is 11.6 Å². The van der Waals surface area contributed by atoms with Crippen LogP contribution in [-0.2, 0) is 0 Å². The quantitative estimate of drug-likeness (QED) is 0.779. The van der Waals surface area contributed by atoms with Crippen molar-refractivity contribution in [3.05, 3.63) is 40.9 Å². The van der Waals surface area contributed by atoms with Gasteiger partial charge in [-0.1, -0.05) is 29.8 Å². The second kappa shape index (κ2) is 5.56. The van der Waals surface area contributed by atoms with Crippen LogP contribution in [-0.4, -0.2) is 12.6 Å². The molecule has 0 saturated heterocycles. The molecule has 0 unspecified atom stereocenters. The number of anilines is 1. The van der Waals surface area contributed by atoms with Crippen molar-refractivity contribution in [2.45, 2.75) is 13.8 Å². The Kier molecular flexibility index (Phi) is 4.38. The van der Waals surface area contributed by atoms with Gasteiger partial charge in [-0.3, -0.25) is 0 Å². The van der Waals surface area contributed by atoms with Gasteiger partial charge in [-0.2, -0.15) is 0 Å². The van der Waals surface area contributed by atoms with Gasteiger partial charge in [0.25, 0.3) is 0 Å². The smallest absolute Gasteiger partial charge is 0.319 e. The Morgan fingerprint density at radius 1 is 1.50 bits per heavy atom. The Morgan fingerprint density at radius 3 is 2.75 bits per heavy atom. The average molecular weight is 239 g/mol. The van der Waals surface area contributed by atoms with Crippen LogP contribution in [0.15, 0.2) is 30.4 Å². The van der Waals surface area contributed by atoms with Crippen molar-refractivity contribution in [3.8, 4) is 0 Å². The summed E-state index contributed by atoms with van der Waals surface area (Å²) in [5.41, 5.74) is 2.56. The number of hydrogen-bond acceptors (Lipinski definition) is 1. The molecule has 16 heavy (non-hydrogen) atoms. The molecule has 0 aromatic heterocycles. The Morgan fingerprint density at radius 2 is 2.19 bits per heavy atom. The fraction of sp³-hybridized carbons (Fsp3) is 0.250. The summed E-state index contributed by atoms with van der Waals surface area (Å²) < 4.78 is 0. The molecule has 2 amide bonds. The van der Waals surface area contributed by atoms with E-state index < -0.39 is 0 Å². The molecule has 0 radical (unpaired) electrons. The van der Waals surface area contributed by atoms with E-state index in [-0.39, 0.29) is 6.03 Å². The number of aryl methyl sites for hydroxylation is 1. The maximum atomic E-state index is 11.4. The summed E-state index contributed by atoms with van der Waals surface area (Å²) in [5, 5.41) is 6.00. The first-order valence-electron chi connectivity index (χ1n) is 4.94. The summed E-state index contributed by atoms with van der Waals surface area (Å²) in [7, 11) is 0. The van der Waals surface area contributed by atoms with Gasteiger partial charge < -0.3 is 10.6 Å². The summed E-state index contributed by atoms with van der Waals surface area (Å²) in [6.07, 6.45) is 0. The highest BCUT2D eigenvalue weighted by Crippen LogP contribution is 2.19. The van der Waals surface area contributed by atoms with E-state index in [4.69, 9.17) is 11.6 Å². The van der Waals surface area contributed by atoms with Gasteiger partial charge in [0.15, 0.2) is 0 Å². The van der Waals surface area contributed by atoms with E-state index in [2.05, 4.69) is 17.2 Å². The molecule has 0 bridgehead atoms. The van der Waals surface area contributed by atoms with Crippen molar-refractivity contribution >= 4 is 23.3 Å². The second-order valence-corrected chi connectivity index (χ2v) is 4.14. The zero-order chi connectivity index (χ0) is 12.1. The molecule has 0 aliphatic carbocycles. The molecule has 0 saturated carbocycles. The van der Waals surface area contributed by atoms with E-state index in [1.165, 1.54) is 0 Å². The molecule has 1 rings (SSSR count). The molecule has 3 nitrogen and oxygen atoms in total. The molecule has 4 heteroatoms. The molecule has 0 atom stereocenters. The minimum atomic E-state index is -0.261. The third kappa shape index (κ3) is 3.95. The van der Waals surface area contributed by atoms with Crippen LogP contribution in [0.25, 0.3) is 0 Å². The van der Waals surface area contributed by atoms with Gasteiger partial charge in [-0.25, -0.2) is 4.79 Å². The van der Waals surface area contributed by atoms with Gasteiger partial charge in [0, 0.05) is 17.3 Å². The number of rotatable bonds is 3. The highest BCUT2D eigenvalue weighted by molar-refractivity contribution is 6.31. The van der Waals surface area contributed by atoms with Crippen LogP contribution in [0.1, 0.15) is 12.5 Å². The van der Waals surface area contributed by atoms with E-state index >= 15 is 0 Å². The zero-order valence-electron chi connectivity index (χ0n) is 9.43. The first kappa shape index (κ1) is 12.6. The average Bonchev–Trinajstić information content (AvgIpc) is 2.21. The van der Waals surface area contributed by atoms with Crippen LogP contribution in [0.4, 0.5) is 10.5 Å². The monoisotopic (exact) mass is 238 g/mol. The molecule has 2 N–H and O–H groups in total. The van der Waals surface area contributed by atoms with E-state index in [0.29, 0.717) is 17.3 Å². The Bertz CT molecular complexity index is 415. The Labute approximate surface area is 100 Å². The summed E-state index contributed by atoms with van der Waals surface area (Å²) in [5.74, 6) is 0. The Hall–Kier alpha value is -1.48. The fourth-order valence-electron chi connectivity index (χ4n) is 1.08. The minimum absolute atomic E-state index is 0.261. The molecule has 0 aliphatic heterocycles. The van der Waals surface area contributed by atoms with Gasteiger partial charge in [-0.05, 0) is 31.5 Å². The molecule has 0 heterocycles. The zero-order valence-corrected chi connectivity index (χ0v) is 10.2. The maximum absolute atomic E-state index is 11.4. The van der Waals surface area contributed by atoms with E-state index in [0.717, 1.165) is 11.1 Å². The first-order chi connectivity index (χ1) is 7.49. The van der Waals surface area contributed by atoms with Crippen molar-refractivity contribution in [2.24, 2.45) is 0 Å². The molecular formula is C12H15ClN2O. The van der Waals surface area contributed by atoms with Crippen molar-refractivity contribution in [1.29, 1.82) is 0 Å². The predicted octanol–water partition coefficient (Wildman–Crippen LogP) is 3.35. The van der Waals surface area contributed by atoms with Gasteiger partial charge in [0.2, 0.25) is 0 Å². The lowest BCUT2D eigenvalue weighted by Gasteiger charge is -2.08. The number of carbonyl (C=O) groups excluding carboxylic acids is 1. The van der Waals surface area contributed by atoms with Crippen molar-refractivity contribution in [1.82, 2.24) is 5.32 Å². The molecule has 0 aliphatic rings. The summed E-state index contributed by atoms with van der Waals surface area (Å²) in [6.45, 7) is 7.92. The lowest BCUT2D eigenvalue weighted by Crippen LogP contribution is -2.29. The third-order valence-corrected chi connectivity index (χ3v) is 2.39. The van der Waals surface area contributed by atoms with Crippen LogP contribution in [0.3, 0.4) is 0 Å². The van der Waals surface area contributed by atoms with E-state index in [1.807, 2.05) is 26.0 Å². The van der Waals surface area contributed by atoms with Gasteiger partial charge in [0.05, 0.1) is 0 Å². The minimum Gasteiger partial charge on any atom is -0.334 e. The van der Waals surface area contributed by atoms with Crippen LogP contribution in [0, 0.1) is 6.92 Å². The highest BCUT2D eigenvalue weighted by atomic mass is 35.5. The van der Waals surface area contributed by atoms with Gasteiger partial charge >= 0.3 is 6.03 Å².